The van der Waals surface area contributed by atoms with Crippen LogP contribution in [0, 0.1) is 0 Å². The van der Waals surface area contributed by atoms with Crippen LogP contribution in [0.5, 0.6) is 0 Å². The lowest BCUT2D eigenvalue weighted by atomic mass is 9.95. The number of benzene rings is 2. The number of rotatable bonds is 2. The highest BCUT2D eigenvalue weighted by Crippen LogP contribution is 2.31. The van der Waals surface area contributed by atoms with Gasteiger partial charge in [0.2, 0.25) is 0 Å². The van der Waals surface area contributed by atoms with Gasteiger partial charge < -0.3 is 0 Å². The van der Waals surface area contributed by atoms with Crippen LogP contribution >= 0.6 is 0 Å². The van der Waals surface area contributed by atoms with E-state index in [0.29, 0.717) is 10.4 Å². The van der Waals surface area contributed by atoms with Crippen molar-refractivity contribution in [1.29, 1.82) is 0 Å². The smallest absolute Gasteiger partial charge is 0.266 e. The van der Waals surface area contributed by atoms with Gasteiger partial charge >= 0.3 is 0 Å². The zero-order valence-electron chi connectivity index (χ0n) is 12.9. The summed E-state index contributed by atoms with van der Waals surface area (Å²) in [5.41, 5.74) is 0.476. The molecular weight excluding hydrogens is 318 g/mol. The maximum atomic E-state index is 12.5. The number of carbonyl (C=O) groups is 2. The van der Waals surface area contributed by atoms with Gasteiger partial charge in [-0.05, 0) is 38.3 Å². The Morgan fingerprint density at radius 1 is 0.913 bits per heavy atom. The molecule has 6 nitrogen and oxygen atoms in total. The maximum Gasteiger partial charge on any atom is 0.293 e. The molecular formula is C16H15NO5S. The standard InChI is InChI=1S/C16H15NO5S/c1-16(2,3)23(20,21)22-17-14(18)11-8-4-6-10-7-5-9-12(13(10)11)15(17)19/h4-9H,1-3H3. The van der Waals surface area contributed by atoms with Crippen molar-refractivity contribution in [3.05, 3.63) is 47.5 Å². The molecule has 0 aromatic heterocycles. The molecule has 3 rings (SSSR count). The lowest BCUT2D eigenvalue weighted by molar-refractivity contribution is -0.0169. The van der Waals surface area contributed by atoms with Crippen molar-refractivity contribution in [1.82, 2.24) is 5.06 Å². The van der Waals surface area contributed by atoms with Crippen LogP contribution in [0.2, 0.25) is 0 Å². The molecule has 0 aliphatic carbocycles. The second-order valence-electron chi connectivity index (χ2n) is 6.25. The highest BCUT2D eigenvalue weighted by atomic mass is 32.2. The fraction of sp³-hybridized carbons (Fsp3) is 0.250. The Morgan fingerprint density at radius 3 is 1.83 bits per heavy atom. The first-order valence-corrected chi connectivity index (χ1v) is 8.39. The second kappa shape index (κ2) is 4.87. The number of nitrogens with zero attached hydrogens (tertiary/aromatic N) is 1. The first-order chi connectivity index (χ1) is 10.6. The number of imide groups is 1. The molecule has 2 aromatic rings. The molecule has 0 fully saturated rings. The van der Waals surface area contributed by atoms with Gasteiger partial charge in [0.25, 0.3) is 21.9 Å². The summed E-state index contributed by atoms with van der Waals surface area (Å²) in [5, 5.41) is 1.58. The summed E-state index contributed by atoms with van der Waals surface area (Å²) in [4.78, 5) is 25.1. The minimum absolute atomic E-state index is 0.238. The maximum absolute atomic E-state index is 12.5. The van der Waals surface area contributed by atoms with E-state index >= 15 is 0 Å². The predicted molar refractivity (Wildman–Crippen MR) is 84.2 cm³/mol. The Balaban J connectivity index is 2.15. The van der Waals surface area contributed by atoms with Gasteiger partial charge in [-0.3, -0.25) is 9.59 Å². The van der Waals surface area contributed by atoms with Crippen molar-refractivity contribution >= 4 is 32.7 Å². The Morgan fingerprint density at radius 2 is 1.39 bits per heavy atom. The number of hydroxylamine groups is 2. The highest BCUT2D eigenvalue weighted by molar-refractivity contribution is 7.88. The van der Waals surface area contributed by atoms with E-state index in [1.54, 1.807) is 36.4 Å². The average Bonchev–Trinajstić information content (AvgIpc) is 2.48. The largest absolute Gasteiger partial charge is 0.293 e. The number of carbonyl (C=O) groups excluding carboxylic acids is 2. The van der Waals surface area contributed by atoms with Gasteiger partial charge in [0.05, 0.1) is 15.9 Å². The van der Waals surface area contributed by atoms with Crippen LogP contribution in [-0.2, 0) is 14.4 Å². The third kappa shape index (κ3) is 2.32. The van der Waals surface area contributed by atoms with Gasteiger partial charge in [0.1, 0.15) is 0 Å². The van der Waals surface area contributed by atoms with Crippen LogP contribution in [0.25, 0.3) is 10.8 Å². The predicted octanol–water partition coefficient (Wildman–Crippen LogP) is 2.50. The molecule has 23 heavy (non-hydrogen) atoms. The molecule has 0 N–H and O–H groups in total. The molecule has 1 heterocycles. The summed E-state index contributed by atoms with van der Waals surface area (Å²) < 4.78 is 28.0. The van der Waals surface area contributed by atoms with E-state index in [-0.39, 0.29) is 11.1 Å². The first-order valence-electron chi connectivity index (χ1n) is 6.98. The summed E-state index contributed by atoms with van der Waals surface area (Å²) in [7, 11) is -4.15. The zero-order chi connectivity index (χ0) is 17.0. The van der Waals surface area contributed by atoms with E-state index in [1.807, 2.05) is 0 Å². The van der Waals surface area contributed by atoms with Crippen LogP contribution in [0.3, 0.4) is 0 Å². The Bertz CT molecular complexity index is 890. The van der Waals surface area contributed by atoms with Gasteiger partial charge in [-0.1, -0.05) is 24.3 Å². The number of amides is 2. The van der Waals surface area contributed by atoms with Crippen molar-refractivity contribution in [2.24, 2.45) is 0 Å². The molecule has 1 aliphatic rings. The molecule has 0 bridgehead atoms. The molecule has 0 radical (unpaired) electrons. The fourth-order valence-corrected chi connectivity index (χ4v) is 2.84. The average molecular weight is 333 g/mol. The molecule has 2 aromatic carbocycles. The van der Waals surface area contributed by atoms with Gasteiger partial charge in [0, 0.05) is 5.39 Å². The summed E-state index contributed by atoms with van der Waals surface area (Å²) in [6.45, 7) is 4.28. The minimum atomic E-state index is -4.15. The van der Waals surface area contributed by atoms with Crippen molar-refractivity contribution in [2.45, 2.75) is 25.5 Å². The minimum Gasteiger partial charge on any atom is -0.266 e. The Kier molecular flexibility index (Phi) is 3.31. The SMILES string of the molecule is CC(C)(C)S(=O)(=O)ON1C(=O)c2cccc3cccc(c23)C1=O. The molecule has 0 saturated heterocycles. The first kappa shape index (κ1) is 15.6. The zero-order valence-corrected chi connectivity index (χ0v) is 13.7. The molecule has 0 atom stereocenters. The van der Waals surface area contributed by atoms with Gasteiger partial charge in [-0.15, -0.1) is 9.35 Å². The monoisotopic (exact) mass is 333 g/mol. The van der Waals surface area contributed by atoms with Crippen molar-refractivity contribution in [2.75, 3.05) is 0 Å². The van der Waals surface area contributed by atoms with Crippen LogP contribution in [0.4, 0.5) is 0 Å². The van der Waals surface area contributed by atoms with Crippen molar-refractivity contribution in [3.8, 4) is 0 Å². The van der Waals surface area contributed by atoms with Crippen molar-refractivity contribution in [3.63, 3.8) is 0 Å². The molecule has 2 amide bonds. The third-order valence-corrected chi connectivity index (χ3v) is 5.50. The van der Waals surface area contributed by atoms with Gasteiger partial charge in [-0.25, -0.2) is 0 Å². The molecule has 0 saturated carbocycles. The number of hydrogen-bond donors (Lipinski definition) is 0. The van der Waals surface area contributed by atoms with Gasteiger partial charge in [-0.2, -0.15) is 8.42 Å². The summed E-state index contributed by atoms with van der Waals surface area (Å²) in [5.74, 6) is -1.57. The van der Waals surface area contributed by atoms with Crippen LogP contribution in [0.15, 0.2) is 36.4 Å². The summed E-state index contributed by atoms with van der Waals surface area (Å²) in [6.07, 6.45) is 0. The summed E-state index contributed by atoms with van der Waals surface area (Å²) >= 11 is 0. The molecule has 0 spiro atoms. The van der Waals surface area contributed by atoms with E-state index in [9.17, 15) is 18.0 Å². The second-order valence-corrected chi connectivity index (χ2v) is 8.54. The van der Waals surface area contributed by atoms with E-state index < -0.39 is 26.7 Å². The van der Waals surface area contributed by atoms with Crippen LogP contribution in [-0.4, -0.2) is 30.0 Å². The molecule has 7 heteroatoms. The Hall–Kier alpha value is -2.25. The summed E-state index contributed by atoms with van der Waals surface area (Å²) in [6, 6.07) is 10.00. The third-order valence-electron chi connectivity index (χ3n) is 3.66. The Labute approximate surface area is 133 Å². The highest BCUT2D eigenvalue weighted by Gasteiger charge is 2.40. The fourth-order valence-electron chi connectivity index (χ4n) is 2.29. The molecule has 120 valence electrons. The van der Waals surface area contributed by atoms with Crippen molar-refractivity contribution < 1.29 is 22.3 Å². The molecule has 0 unspecified atom stereocenters. The van der Waals surface area contributed by atoms with Crippen LogP contribution < -0.4 is 0 Å². The normalized spacial score (nSPS) is 15.3. The topological polar surface area (TPSA) is 80.8 Å². The lowest BCUT2D eigenvalue weighted by Gasteiger charge is -2.28. The van der Waals surface area contributed by atoms with E-state index in [1.165, 1.54) is 20.8 Å². The van der Waals surface area contributed by atoms with Gasteiger partial charge in [0.15, 0.2) is 0 Å². The number of hydrogen-bond acceptors (Lipinski definition) is 5. The van der Waals surface area contributed by atoms with E-state index in [2.05, 4.69) is 0 Å². The molecule has 1 aliphatic heterocycles. The van der Waals surface area contributed by atoms with E-state index in [0.717, 1.165) is 5.39 Å². The van der Waals surface area contributed by atoms with E-state index in [4.69, 9.17) is 4.28 Å². The van der Waals surface area contributed by atoms with Crippen LogP contribution in [0.1, 0.15) is 41.5 Å². The lowest BCUT2D eigenvalue weighted by Crippen LogP contribution is -2.45. The quantitative estimate of drug-likeness (QED) is 0.789.